The maximum absolute atomic E-state index is 9.97. The van der Waals surface area contributed by atoms with E-state index in [1.165, 1.54) is 6.20 Å². The molecule has 0 atom stereocenters. The Labute approximate surface area is 174 Å². The molecule has 1 saturated carbocycles. The van der Waals surface area contributed by atoms with E-state index in [4.69, 9.17) is 16.2 Å². The van der Waals surface area contributed by atoms with Crippen LogP contribution >= 0.6 is 0 Å². The lowest BCUT2D eigenvalue weighted by molar-refractivity contribution is 0.322. The van der Waals surface area contributed by atoms with Crippen LogP contribution in [0.2, 0.25) is 0 Å². The van der Waals surface area contributed by atoms with Gasteiger partial charge in [-0.25, -0.2) is 0 Å². The summed E-state index contributed by atoms with van der Waals surface area (Å²) in [4.78, 5) is 4.12. The molecule has 0 spiro atoms. The van der Waals surface area contributed by atoms with E-state index in [1.807, 2.05) is 18.2 Å². The second-order valence-electron chi connectivity index (χ2n) is 7.23. The Morgan fingerprint density at radius 2 is 2.10 bits per heavy atom. The van der Waals surface area contributed by atoms with Crippen LogP contribution in [0.4, 0.5) is 5.69 Å². The summed E-state index contributed by atoms with van der Waals surface area (Å²) in [7, 11) is 0. The van der Waals surface area contributed by atoms with Gasteiger partial charge in [0.05, 0.1) is 22.5 Å². The molecule has 0 radical (unpaired) electrons. The summed E-state index contributed by atoms with van der Waals surface area (Å²) in [5.41, 5.74) is 14.7. The molecule has 0 saturated heterocycles. The number of phenolic OH excluding ortho intramolecular Hbond substituents is 1. The predicted octanol–water partition coefficient (Wildman–Crippen LogP) is 4.07. The van der Waals surface area contributed by atoms with Crippen molar-refractivity contribution in [3.05, 3.63) is 54.2 Å². The Morgan fingerprint density at radius 1 is 1.27 bits per heavy atom. The number of benzene rings is 2. The molecule has 1 fully saturated rings. The minimum atomic E-state index is 0.0317. The van der Waals surface area contributed by atoms with E-state index in [2.05, 4.69) is 15.6 Å². The third-order valence-electron chi connectivity index (χ3n) is 5.44. The Hall–Kier alpha value is -3.92. The number of allylic oxidation sites excluding steroid dienone is 1. The normalized spacial score (nSPS) is 14.4. The van der Waals surface area contributed by atoms with E-state index in [1.54, 1.807) is 30.5 Å². The molecule has 2 aromatic carbocycles. The molecule has 0 amide bonds. The summed E-state index contributed by atoms with van der Waals surface area (Å²) in [6.45, 7) is 0.173. The molecule has 5 N–H and O–H groups in total. The monoisotopic (exact) mass is 401 g/mol. The topological polar surface area (TPSA) is 123 Å². The van der Waals surface area contributed by atoms with Crippen LogP contribution in [0, 0.1) is 11.3 Å². The van der Waals surface area contributed by atoms with Gasteiger partial charge < -0.3 is 25.9 Å². The smallest absolute Gasteiger partial charge is 0.179 e. The average Bonchev–Trinajstić information content (AvgIpc) is 3.02. The highest BCUT2D eigenvalue weighted by atomic mass is 16.5. The van der Waals surface area contributed by atoms with Crippen LogP contribution < -0.4 is 16.2 Å². The van der Waals surface area contributed by atoms with Crippen LogP contribution in [0.3, 0.4) is 0 Å². The van der Waals surface area contributed by atoms with Gasteiger partial charge in [0.25, 0.3) is 0 Å². The van der Waals surface area contributed by atoms with Gasteiger partial charge in [0, 0.05) is 29.3 Å². The number of rotatable bonds is 6. The van der Waals surface area contributed by atoms with Crippen LogP contribution in [0.1, 0.15) is 30.9 Å². The third kappa shape index (κ3) is 3.44. The number of hydrogen-bond donors (Lipinski definition) is 3. The number of hydrogen-bond acceptors (Lipinski definition) is 6. The largest absolute Gasteiger partial charge is 0.506 e. The fraction of sp³-hybridized carbons (Fsp3) is 0.217. The van der Waals surface area contributed by atoms with Crippen molar-refractivity contribution in [3.63, 3.8) is 0 Å². The number of anilines is 1. The van der Waals surface area contributed by atoms with Gasteiger partial charge >= 0.3 is 0 Å². The molecule has 1 aliphatic carbocycles. The van der Waals surface area contributed by atoms with Crippen molar-refractivity contribution in [1.29, 1.82) is 5.26 Å². The Kier molecular flexibility index (Phi) is 5.31. The third-order valence-corrected chi connectivity index (χ3v) is 5.44. The Morgan fingerprint density at radius 3 is 2.77 bits per heavy atom. The predicted molar refractivity (Wildman–Crippen MR) is 118 cm³/mol. The van der Waals surface area contributed by atoms with E-state index >= 15 is 0 Å². The SMILES string of the molecule is N#Cc1c(-c2ccc(O)c(N)c2)n(C2CCC2)c2cc(OC/N=C\C=C/N)ccc12. The van der Waals surface area contributed by atoms with Crippen LogP contribution in [0.25, 0.3) is 22.2 Å². The van der Waals surface area contributed by atoms with Crippen molar-refractivity contribution in [1.82, 2.24) is 4.57 Å². The molecular weight excluding hydrogens is 378 g/mol. The summed E-state index contributed by atoms with van der Waals surface area (Å²) in [5.74, 6) is 0.708. The molecule has 0 aliphatic heterocycles. The Bertz CT molecular complexity index is 1180. The van der Waals surface area contributed by atoms with Gasteiger partial charge in [-0.2, -0.15) is 5.26 Å². The number of aromatic nitrogens is 1. The first-order valence-electron chi connectivity index (χ1n) is 9.80. The molecule has 3 aromatic rings. The van der Waals surface area contributed by atoms with E-state index < -0.39 is 0 Å². The summed E-state index contributed by atoms with van der Waals surface area (Å²) in [6, 6.07) is 13.5. The summed E-state index contributed by atoms with van der Waals surface area (Å²) in [6.07, 6.45) is 7.87. The zero-order chi connectivity index (χ0) is 21.1. The highest BCUT2D eigenvalue weighted by Gasteiger charge is 2.28. The van der Waals surface area contributed by atoms with Crippen LogP contribution in [-0.4, -0.2) is 22.6 Å². The summed E-state index contributed by atoms with van der Waals surface area (Å²) >= 11 is 0. The quantitative estimate of drug-likeness (QED) is 0.326. The lowest BCUT2D eigenvalue weighted by Crippen LogP contribution is -2.17. The zero-order valence-electron chi connectivity index (χ0n) is 16.5. The molecule has 1 heterocycles. The number of nitrogens with two attached hydrogens (primary N) is 2. The molecule has 4 rings (SSSR count). The number of ether oxygens (including phenoxy) is 1. The fourth-order valence-electron chi connectivity index (χ4n) is 3.77. The van der Waals surface area contributed by atoms with Crippen LogP contribution in [-0.2, 0) is 0 Å². The molecule has 1 aliphatic rings. The summed E-state index contributed by atoms with van der Waals surface area (Å²) in [5, 5.41) is 20.7. The molecule has 0 bridgehead atoms. The summed E-state index contributed by atoms with van der Waals surface area (Å²) < 4.78 is 7.97. The second kappa shape index (κ2) is 8.21. The molecular formula is C23H23N5O2. The van der Waals surface area contributed by atoms with E-state index in [9.17, 15) is 10.4 Å². The molecule has 0 unspecified atom stereocenters. The second-order valence-corrected chi connectivity index (χ2v) is 7.23. The fourth-order valence-corrected chi connectivity index (χ4v) is 3.77. The van der Waals surface area contributed by atoms with Crippen molar-refractivity contribution >= 4 is 22.8 Å². The van der Waals surface area contributed by atoms with Gasteiger partial charge in [-0.15, -0.1) is 0 Å². The minimum Gasteiger partial charge on any atom is -0.506 e. The van der Waals surface area contributed by atoms with E-state index in [0.29, 0.717) is 17.4 Å². The zero-order valence-corrected chi connectivity index (χ0v) is 16.5. The highest BCUT2D eigenvalue weighted by Crippen LogP contribution is 2.44. The van der Waals surface area contributed by atoms with E-state index in [0.717, 1.165) is 41.4 Å². The van der Waals surface area contributed by atoms with Crippen molar-refractivity contribution < 1.29 is 9.84 Å². The van der Waals surface area contributed by atoms with Gasteiger partial charge in [0.15, 0.2) is 6.73 Å². The van der Waals surface area contributed by atoms with Crippen molar-refractivity contribution in [2.24, 2.45) is 10.7 Å². The standard InChI is InChI=1S/C23H23N5O2/c24-9-2-10-27-14-30-17-6-7-18-19(13-25)23(15-5-8-22(29)20(26)11-15)28(21(18)12-17)16-3-1-4-16/h2,5-12,16,29H,1,3-4,14,24,26H2/b9-2-,27-10-. The number of aromatic hydroxyl groups is 1. The van der Waals surface area contributed by atoms with Gasteiger partial charge in [0.2, 0.25) is 0 Å². The van der Waals surface area contributed by atoms with Crippen molar-refractivity contribution in [2.45, 2.75) is 25.3 Å². The lowest BCUT2D eigenvalue weighted by Gasteiger charge is -2.30. The average molecular weight is 401 g/mol. The van der Waals surface area contributed by atoms with Crippen molar-refractivity contribution in [2.75, 3.05) is 12.5 Å². The first-order valence-corrected chi connectivity index (χ1v) is 9.80. The maximum atomic E-state index is 9.97. The maximum Gasteiger partial charge on any atom is 0.179 e. The Balaban J connectivity index is 1.84. The molecule has 7 heteroatoms. The first kappa shape index (κ1) is 19.4. The van der Waals surface area contributed by atoms with Gasteiger partial charge in [-0.3, -0.25) is 4.99 Å². The number of nitrogens with zero attached hydrogens (tertiary/aromatic N) is 3. The highest BCUT2D eigenvalue weighted by molar-refractivity contribution is 5.96. The first-order chi connectivity index (χ1) is 14.6. The number of fused-ring (bicyclic) bond motifs is 1. The number of nitrogen functional groups attached to an aromatic ring is 1. The molecule has 7 nitrogen and oxygen atoms in total. The van der Waals surface area contributed by atoms with Gasteiger partial charge in [-0.1, -0.05) is 0 Å². The van der Waals surface area contributed by atoms with Gasteiger partial charge in [0.1, 0.15) is 17.6 Å². The number of nitriles is 1. The molecule has 30 heavy (non-hydrogen) atoms. The number of phenols is 1. The van der Waals surface area contributed by atoms with Crippen LogP contribution in [0.15, 0.2) is 53.7 Å². The van der Waals surface area contributed by atoms with E-state index in [-0.39, 0.29) is 18.2 Å². The number of aliphatic imine (C=N–C) groups is 1. The van der Waals surface area contributed by atoms with Crippen molar-refractivity contribution in [3.8, 4) is 28.8 Å². The van der Waals surface area contributed by atoms with Crippen LogP contribution in [0.5, 0.6) is 11.5 Å². The minimum absolute atomic E-state index is 0.0317. The molecule has 152 valence electrons. The lowest BCUT2D eigenvalue weighted by atomic mass is 9.92. The molecule has 1 aromatic heterocycles. The van der Waals surface area contributed by atoms with Gasteiger partial charge in [-0.05, 0) is 61.9 Å².